The smallest absolute Gasteiger partial charge is 0.0609 e. The summed E-state index contributed by atoms with van der Waals surface area (Å²) in [5.74, 6) is 0. The molecule has 0 fully saturated rings. The number of anilines is 2. The van der Waals surface area contributed by atoms with Gasteiger partial charge in [-0.05, 0) is 35.7 Å². The lowest BCUT2D eigenvalue weighted by Gasteiger charge is -2.43. The Balaban J connectivity index is 1.78. The molecule has 2 aliphatic heterocycles. The summed E-state index contributed by atoms with van der Waals surface area (Å²) in [6.45, 7) is 2.05. The fourth-order valence-corrected chi connectivity index (χ4v) is 3.54. The molecule has 1 atom stereocenters. The first kappa shape index (κ1) is 11.4. The van der Waals surface area contributed by atoms with E-state index in [4.69, 9.17) is 0 Å². The number of nitrogens with zero attached hydrogens (tertiary/aromatic N) is 1. The van der Waals surface area contributed by atoms with Crippen LogP contribution < -0.4 is 10.2 Å². The van der Waals surface area contributed by atoms with Gasteiger partial charge in [0.05, 0.1) is 17.4 Å². The molecule has 2 nitrogen and oxygen atoms in total. The van der Waals surface area contributed by atoms with Crippen molar-refractivity contribution in [3.8, 4) is 0 Å². The van der Waals surface area contributed by atoms with Crippen LogP contribution in [0.1, 0.15) is 11.1 Å². The van der Waals surface area contributed by atoms with Crippen molar-refractivity contribution in [1.29, 1.82) is 0 Å². The molecule has 0 radical (unpaired) electrons. The summed E-state index contributed by atoms with van der Waals surface area (Å²) >= 11 is 3.55. The Morgan fingerprint density at radius 1 is 1.11 bits per heavy atom. The SMILES string of the molecule is Brc1ccc2c(c1)NCC1Cc3ccccc3CN21. The lowest BCUT2D eigenvalue weighted by molar-refractivity contribution is 0.562. The van der Waals surface area contributed by atoms with E-state index in [1.54, 1.807) is 0 Å². The summed E-state index contributed by atoms with van der Waals surface area (Å²) in [5.41, 5.74) is 5.54. The van der Waals surface area contributed by atoms with Crippen molar-refractivity contribution in [2.24, 2.45) is 0 Å². The molecule has 1 N–H and O–H groups in total. The van der Waals surface area contributed by atoms with E-state index in [9.17, 15) is 0 Å². The molecular formula is C16H15BrN2. The van der Waals surface area contributed by atoms with Crippen molar-refractivity contribution in [3.05, 3.63) is 58.1 Å². The molecule has 2 heterocycles. The van der Waals surface area contributed by atoms with Crippen LogP contribution >= 0.6 is 15.9 Å². The fourth-order valence-electron chi connectivity index (χ4n) is 3.18. The van der Waals surface area contributed by atoms with E-state index in [2.05, 4.69) is 68.6 Å². The number of fused-ring (bicyclic) bond motifs is 4. The largest absolute Gasteiger partial charge is 0.381 e. The monoisotopic (exact) mass is 314 g/mol. The van der Waals surface area contributed by atoms with Gasteiger partial charge in [-0.3, -0.25) is 0 Å². The van der Waals surface area contributed by atoms with Crippen LogP contribution in [0.4, 0.5) is 11.4 Å². The Labute approximate surface area is 121 Å². The van der Waals surface area contributed by atoms with E-state index in [1.165, 1.54) is 22.5 Å². The van der Waals surface area contributed by atoms with Gasteiger partial charge >= 0.3 is 0 Å². The molecular weight excluding hydrogens is 300 g/mol. The van der Waals surface area contributed by atoms with Gasteiger partial charge < -0.3 is 10.2 Å². The maximum Gasteiger partial charge on any atom is 0.0609 e. The zero-order valence-electron chi connectivity index (χ0n) is 10.6. The molecule has 2 aliphatic rings. The third kappa shape index (κ3) is 1.84. The Kier molecular flexibility index (Phi) is 2.55. The molecule has 0 saturated carbocycles. The summed E-state index contributed by atoms with van der Waals surface area (Å²) in [5, 5.41) is 3.56. The van der Waals surface area contributed by atoms with Gasteiger partial charge in [-0.15, -0.1) is 0 Å². The van der Waals surface area contributed by atoms with Crippen LogP contribution in [-0.4, -0.2) is 12.6 Å². The molecule has 2 aromatic carbocycles. The second-order valence-electron chi connectivity index (χ2n) is 5.30. The van der Waals surface area contributed by atoms with Crippen molar-refractivity contribution in [2.75, 3.05) is 16.8 Å². The second-order valence-corrected chi connectivity index (χ2v) is 6.21. The predicted octanol–water partition coefficient (Wildman–Crippen LogP) is 3.81. The molecule has 0 spiro atoms. The third-order valence-electron chi connectivity index (χ3n) is 4.15. The van der Waals surface area contributed by atoms with E-state index in [0.717, 1.165) is 24.0 Å². The average molecular weight is 315 g/mol. The van der Waals surface area contributed by atoms with Gasteiger partial charge in [-0.2, -0.15) is 0 Å². The molecule has 0 aliphatic carbocycles. The topological polar surface area (TPSA) is 15.3 Å². The first-order valence-corrected chi connectivity index (χ1v) is 7.47. The van der Waals surface area contributed by atoms with Gasteiger partial charge in [-0.25, -0.2) is 0 Å². The maximum atomic E-state index is 3.56. The van der Waals surface area contributed by atoms with Gasteiger partial charge in [0.15, 0.2) is 0 Å². The molecule has 4 rings (SSSR count). The lowest BCUT2D eigenvalue weighted by atomic mass is 9.92. The molecule has 0 amide bonds. The van der Waals surface area contributed by atoms with Crippen LogP contribution in [0.3, 0.4) is 0 Å². The van der Waals surface area contributed by atoms with E-state index in [1.807, 2.05) is 0 Å². The van der Waals surface area contributed by atoms with Gasteiger partial charge in [-0.1, -0.05) is 40.2 Å². The Bertz CT molecular complexity index is 638. The van der Waals surface area contributed by atoms with Crippen molar-refractivity contribution < 1.29 is 0 Å². The predicted molar refractivity (Wildman–Crippen MR) is 82.7 cm³/mol. The Morgan fingerprint density at radius 2 is 1.95 bits per heavy atom. The van der Waals surface area contributed by atoms with Gasteiger partial charge in [0.1, 0.15) is 0 Å². The minimum absolute atomic E-state index is 0.573. The first-order chi connectivity index (χ1) is 9.31. The van der Waals surface area contributed by atoms with Crippen LogP contribution in [0, 0.1) is 0 Å². The molecule has 0 saturated heterocycles. The number of hydrogen-bond acceptors (Lipinski definition) is 2. The molecule has 0 bridgehead atoms. The summed E-state index contributed by atoms with van der Waals surface area (Å²) in [6.07, 6.45) is 1.14. The summed E-state index contributed by atoms with van der Waals surface area (Å²) in [7, 11) is 0. The molecule has 2 aromatic rings. The standard InChI is InChI=1S/C16H15BrN2/c17-13-5-6-16-15(8-13)18-9-14-7-11-3-1-2-4-12(11)10-19(14)16/h1-6,8,14,18H,7,9-10H2. The number of nitrogens with one attached hydrogen (secondary N) is 1. The normalized spacial score (nSPS) is 20.1. The first-order valence-electron chi connectivity index (χ1n) is 6.68. The lowest BCUT2D eigenvalue weighted by Crippen LogP contribution is -2.47. The molecule has 3 heteroatoms. The number of hydrogen-bond donors (Lipinski definition) is 1. The fraction of sp³-hybridized carbons (Fsp3) is 0.250. The number of benzene rings is 2. The van der Waals surface area contributed by atoms with E-state index >= 15 is 0 Å². The zero-order chi connectivity index (χ0) is 12.8. The summed E-state index contributed by atoms with van der Waals surface area (Å²) in [4.78, 5) is 2.54. The molecule has 96 valence electrons. The number of halogens is 1. The molecule has 19 heavy (non-hydrogen) atoms. The highest BCUT2D eigenvalue weighted by molar-refractivity contribution is 9.10. The maximum absolute atomic E-state index is 3.56. The number of rotatable bonds is 0. The van der Waals surface area contributed by atoms with Crippen molar-refractivity contribution in [3.63, 3.8) is 0 Å². The quantitative estimate of drug-likeness (QED) is 0.795. The van der Waals surface area contributed by atoms with Crippen LogP contribution in [0.25, 0.3) is 0 Å². The zero-order valence-corrected chi connectivity index (χ0v) is 12.2. The minimum Gasteiger partial charge on any atom is -0.381 e. The molecule has 1 unspecified atom stereocenters. The van der Waals surface area contributed by atoms with Gasteiger partial charge in [0, 0.05) is 17.6 Å². The van der Waals surface area contributed by atoms with Crippen molar-refractivity contribution in [1.82, 2.24) is 0 Å². The van der Waals surface area contributed by atoms with Crippen molar-refractivity contribution in [2.45, 2.75) is 19.0 Å². The van der Waals surface area contributed by atoms with Crippen LogP contribution in [-0.2, 0) is 13.0 Å². The second kappa shape index (κ2) is 4.27. The van der Waals surface area contributed by atoms with Gasteiger partial charge in [0.25, 0.3) is 0 Å². The van der Waals surface area contributed by atoms with Crippen molar-refractivity contribution >= 4 is 27.3 Å². The Hall–Kier alpha value is -1.48. The van der Waals surface area contributed by atoms with Crippen LogP contribution in [0.5, 0.6) is 0 Å². The average Bonchev–Trinajstić information content (AvgIpc) is 2.44. The highest BCUT2D eigenvalue weighted by Crippen LogP contribution is 2.38. The highest BCUT2D eigenvalue weighted by atomic mass is 79.9. The van der Waals surface area contributed by atoms with Crippen LogP contribution in [0.15, 0.2) is 46.9 Å². The third-order valence-corrected chi connectivity index (χ3v) is 4.64. The van der Waals surface area contributed by atoms with E-state index in [-0.39, 0.29) is 0 Å². The van der Waals surface area contributed by atoms with E-state index < -0.39 is 0 Å². The minimum atomic E-state index is 0.573. The summed E-state index contributed by atoms with van der Waals surface area (Å²) < 4.78 is 1.13. The molecule has 0 aromatic heterocycles. The van der Waals surface area contributed by atoms with E-state index in [0.29, 0.717) is 6.04 Å². The van der Waals surface area contributed by atoms with Gasteiger partial charge in [0.2, 0.25) is 0 Å². The van der Waals surface area contributed by atoms with Crippen LogP contribution in [0.2, 0.25) is 0 Å². The summed E-state index contributed by atoms with van der Waals surface area (Å²) in [6, 6.07) is 15.9. The Morgan fingerprint density at radius 3 is 2.84 bits per heavy atom. The highest BCUT2D eigenvalue weighted by Gasteiger charge is 2.30.